The van der Waals surface area contributed by atoms with Gasteiger partial charge in [0.1, 0.15) is 5.82 Å². The lowest BCUT2D eigenvalue weighted by Gasteiger charge is -2.13. The number of nitrogens with two attached hydrogens (primary N) is 1. The zero-order valence-corrected chi connectivity index (χ0v) is 12.0. The maximum absolute atomic E-state index is 12.9. The van der Waals surface area contributed by atoms with E-state index in [9.17, 15) is 4.39 Å². The first-order valence-corrected chi connectivity index (χ1v) is 7.28. The zero-order valence-electron chi connectivity index (χ0n) is 12.0. The van der Waals surface area contributed by atoms with Crippen LogP contribution in [0.3, 0.4) is 0 Å². The Bertz CT molecular complexity index is 516. The molecule has 0 bridgehead atoms. The van der Waals surface area contributed by atoms with Gasteiger partial charge in [-0.15, -0.1) is 0 Å². The van der Waals surface area contributed by atoms with Crippen LogP contribution < -0.4 is 5.73 Å². The van der Waals surface area contributed by atoms with E-state index in [0.29, 0.717) is 0 Å². The average Bonchev–Trinajstić information content (AvgIpc) is 2.48. The van der Waals surface area contributed by atoms with Crippen LogP contribution in [0, 0.1) is 5.82 Å². The Labute approximate surface area is 120 Å². The minimum atomic E-state index is -0.206. The monoisotopic (exact) mass is 271 g/mol. The van der Waals surface area contributed by atoms with Crippen molar-refractivity contribution < 1.29 is 4.39 Å². The van der Waals surface area contributed by atoms with Crippen molar-refractivity contribution in [2.24, 2.45) is 5.73 Å². The van der Waals surface area contributed by atoms with Gasteiger partial charge in [-0.3, -0.25) is 0 Å². The van der Waals surface area contributed by atoms with E-state index in [4.69, 9.17) is 5.73 Å². The molecular weight excluding hydrogens is 249 g/mol. The molecule has 2 aromatic rings. The Hall–Kier alpha value is -1.67. The molecule has 1 unspecified atom stereocenters. The van der Waals surface area contributed by atoms with E-state index in [1.54, 1.807) is 12.1 Å². The SMILES string of the molecule is CCCCc1ccc(C(N)Cc2ccc(F)cc2)cc1. The number of aryl methyl sites for hydroxylation is 1. The fourth-order valence-electron chi connectivity index (χ4n) is 2.30. The van der Waals surface area contributed by atoms with Gasteiger partial charge in [0, 0.05) is 6.04 Å². The van der Waals surface area contributed by atoms with Crippen LogP contribution in [0.15, 0.2) is 48.5 Å². The molecule has 0 amide bonds. The van der Waals surface area contributed by atoms with E-state index in [-0.39, 0.29) is 11.9 Å². The van der Waals surface area contributed by atoms with E-state index in [0.717, 1.165) is 24.0 Å². The molecule has 2 aromatic carbocycles. The molecule has 0 saturated carbocycles. The van der Waals surface area contributed by atoms with E-state index in [1.165, 1.54) is 30.5 Å². The molecule has 0 aromatic heterocycles. The third-order valence-electron chi connectivity index (χ3n) is 3.60. The lowest BCUT2D eigenvalue weighted by atomic mass is 9.98. The minimum absolute atomic E-state index is 0.0410. The molecule has 2 N–H and O–H groups in total. The molecular formula is C18H22FN. The number of hydrogen-bond donors (Lipinski definition) is 1. The molecule has 0 radical (unpaired) electrons. The van der Waals surface area contributed by atoms with Crippen LogP contribution in [0.25, 0.3) is 0 Å². The number of benzene rings is 2. The summed E-state index contributed by atoms with van der Waals surface area (Å²) in [5.41, 5.74) is 9.78. The molecule has 1 nitrogen and oxygen atoms in total. The number of unbranched alkanes of at least 4 members (excludes halogenated alkanes) is 1. The molecule has 0 aliphatic carbocycles. The van der Waals surface area contributed by atoms with E-state index < -0.39 is 0 Å². The fraction of sp³-hybridized carbons (Fsp3) is 0.333. The molecule has 0 aliphatic rings. The highest BCUT2D eigenvalue weighted by Gasteiger charge is 2.07. The third kappa shape index (κ3) is 4.17. The third-order valence-corrected chi connectivity index (χ3v) is 3.60. The second kappa shape index (κ2) is 7.20. The highest BCUT2D eigenvalue weighted by Crippen LogP contribution is 2.18. The highest BCUT2D eigenvalue weighted by molar-refractivity contribution is 5.27. The summed E-state index contributed by atoms with van der Waals surface area (Å²) in [7, 11) is 0. The Balaban J connectivity index is 1.98. The Kier molecular flexibility index (Phi) is 5.31. The summed E-state index contributed by atoms with van der Waals surface area (Å²) in [5, 5.41) is 0. The normalized spacial score (nSPS) is 12.3. The zero-order chi connectivity index (χ0) is 14.4. The van der Waals surface area contributed by atoms with Gasteiger partial charge in [-0.05, 0) is 48.1 Å². The Morgan fingerprint density at radius 1 is 0.950 bits per heavy atom. The predicted molar refractivity (Wildman–Crippen MR) is 82.1 cm³/mol. The van der Waals surface area contributed by atoms with Crippen LogP contribution in [-0.2, 0) is 12.8 Å². The van der Waals surface area contributed by atoms with Crippen LogP contribution in [0.4, 0.5) is 4.39 Å². The van der Waals surface area contributed by atoms with Crippen molar-refractivity contribution in [3.05, 3.63) is 71.0 Å². The van der Waals surface area contributed by atoms with Crippen LogP contribution in [-0.4, -0.2) is 0 Å². The van der Waals surface area contributed by atoms with Crippen LogP contribution in [0.2, 0.25) is 0 Å². The number of halogens is 1. The summed E-state index contributed by atoms with van der Waals surface area (Å²) < 4.78 is 12.9. The molecule has 0 heterocycles. The fourth-order valence-corrected chi connectivity index (χ4v) is 2.30. The summed E-state index contributed by atoms with van der Waals surface area (Å²) >= 11 is 0. The molecule has 0 aliphatic heterocycles. The summed E-state index contributed by atoms with van der Waals surface area (Å²) in [6, 6.07) is 15.1. The molecule has 20 heavy (non-hydrogen) atoms. The Morgan fingerprint density at radius 2 is 1.55 bits per heavy atom. The topological polar surface area (TPSA) is 26.0 Å². The van der Waals surface area contributed by atoms with Crippen molar-refractivity contribution in [1.82, 2.24) is 0 Å². The van der Waals surface area contributed by atoms with Gasteiger partial charge in [0.2, 0.25) is 0 Å². The molecule has 0 spiro atoms. The van der Waals surface area contributed by atoms with Crippen LogP contribution in [0.1, 0.15) is 42.5 Å². The smallest absolute Gasteiger partial charge is 0.123 e. The van der Waals surface area contributed by atoms with E-state index in [1.807, 2.05) is 0 Å². The Morgan fingerprint density at radius 3 is 2.15 bits per heavy atom. The average molecular weight is 271 g/mol. The first kappa shape index (κ1) is 14.7. The van der Waals surface area contributed by atoms with Crippen molar-refractivity contribution in [3.8, 4) is 0 Å². The van der Waals surface area contributed by atoms with Crippen molar-refractivity contribution in [2.75, 3.05) is 0 Å². The molecule has 2 heteroatoms. The maximum atomic E-state index is 12.9. The standard InChI is InChI=1S/C18H22FN/c1-2-3-4-14-5-9-16(10-6-14)18(20)13-15-7-11-17(19)12-8-15/h5-12,18H,2-4,13,20H2,1H3. The molecule has 106 valence electrons. The van der Waals surface area contributed by atoms with Gasteiger partial charge < -0.3 is 5.73 Å². The maximum Gasteiger partial charge on any atom is 0.123 e. The van der Waals surface area contributed by atoms with Crippen molar-refractivity contribution in [1.29, 1.82) is 0 Å². The van der Waals surface area contributed by atoms with Gasteiger partial charge in [0.15, 0.2) is 0 Å². The minimum Gasteiger partial charge on any atom is -0.324 e. The highest BCUT2D eigenvalue weighted by atomic mass is 19.1. The van der Waals surface area contributed by atoms with Gasteiger partial charge >= 0.3 is 0 Å². The van der Waals surface area contributed by atoms with Gasteiger partial charge in [0.05, 0.1) is 0 Å². The van der Waals surface area contributed by atoms with Gasteiger partial charge in [-0.2, -0.15) is 0 Å². The van der Waals surface area contributed by atoms with Crippen molar-refractivity contribution >= 4 is 0 Å². The van der Waals surface area contributed by atoms with Crippen molar-refractivity contribution in [3.63, 3.8) is 0 Å². The van der Waals surface area contributed by atoms with Crippen LogP contribution >= 0.6 is 0 Å². The lowest BCUT2D eigenvalue weighted by Crippen LogP contribution is -2.13. The van der Waals surface area contributed by atoms with Gasteiger partial charge in [0.25, 0.3) is 0 Å². The van der Waals surface area contributed by atoms with Crippen molar-refractivity contribution in [2.45, 2.75) is 38.6 Å². The molecule has 0 fully saturated rings. The van der Waals surface area contributed by atoms with E-state index >= 15 is 0 Å². The summed E-state index contributed by atoms with van der Waals surface area (Å²) in [5.74, 6) is -0.206. The van der Waals surface area contributed by atoms with Crippen LogP contribution in [0.5, 0.6) is 0 Å². The lowest BCUT2D eigenvalue weighted by molar-refractivity contribution is 0.625. The second-order valence-electron chi connectivity index (χ2n) is 5.28. The first-order chi connectivity index (χ1) is 9.69. The second-order valence-corrected chi connectivity index (χ2v) is 5.28. The molecule has 0 saturated heterocycles. The van der Waals surface area contributed by atoms with E-state index in [2.05, 4.69) is 31.2 Å². The summed E-state index contributed by atoms with van der Waals surface area (Å²) in [4.78, 5) is 0. The van der Waals surface area contributed by atoms with Gasteiger partial charge in [-0.25, -0.2) is 4.39 Å². The van der Waals surface area contributed by atoms with Gasteiger partial charge in [-0.1, -0.05) is 49.7 Å². The number of hydrogen-bond acceptors (Lipinski definition) is 1. The largest absolute Gasteiger partial charge is 0.324 e. The summed E-state index contributed by atoms with van der Waals surface area (Å²) in [6.07, 6.45) is 4.30. The molecule has 2 rings (SSSR count). The quantitative estimate of drug-likeness (QED) is 0.827. The first-order valence-electron chi connectivity index (χ1n) is 7.28. The predicted octanol–water partition coefficient (Wildman–Crippen LogP) is 4.41. The number of rotatable bonds is 6. The molecule has 1 atom stereocenters. The summed E-state index contributed by atoms with van der Waals surface area (Å²) in [6.45, 7) is 2.20.